The maximum absolute atomic E-state index is 9.24. The molecule has 4 heteroatoms. The van der Waals surface area contributed by atoms with Crippen molar-refractivity contribution in [2.24, 2.45) is 0 Å². The molecule has 0 atom stereocenters. The Morgan fingerprint density at radius 3 is 2.58 bits per heavy atom. The molecular weight excluding hydrogens is 258 g/mol. The molecule has 0 saturated carbocycles. The number of hydrogen-bond donors (Lipinski definition) is 1. The number of hydrogen-bond acceptors (Lipinski definition) is 3. The molecule has 2 aromatic rings. The van der Waals surface area contributed by atoms with Crippen LogP contribution in [0, 0.1) is 32.1 Å². The molecule has 0 radical (unpaired) electrons. The summed E-state index contributed by atoms with van der Waals surface area (Å²) >= 11 is 6.00. The summed E-state index contributed by atoms with van der Waals surface area (Å²) in [5.41, 5.74) is 4.89. The molecular formula is C15H14ClN3. The van der Waals surface area contributed by atoms with Gasteiger partial charge < -0.3 is 5.32 Å². The zero-order chi connectivity index (χ0) is 14.0. The van der Waals surface area contributed by atoms with Crippen molar-refractivity contribution in [3.05, 3.63) is 51.8 Å². The number of nitriles is 1. The Labute approximate surface area is 117 Å². The van der Waals surface area contributed by atoms with Crippen LogP contribution < -0.4 is 5.32 Å². The Morgan fingerprint density at radius 1 is 1.16 bits per heavy atom. The van der Waals surface area contributed by atoms with Gasteiger partial charge in [0, 0.05) is 16.4 Å². The van der Waals surface area contributed by atoms with E-state index in [-0.39, 0.29) is 0 Å². The zero-order valence-electron chi connectivity index (χ0n) is 11.1. The summed E-state index contributed by atoms with van der Waals surface area (Å²) in [5.74, 6) is 0. The first-order valence-corrected chi connectivity index (χ1v) is 6.30. The Morgan fingerprint density at radius 2 is 1.89 bits per heavy atom. The van der Waals surface area contributed by atoms with Crippen molar-refractivity contribution in [1.29, 1.82) is 5.26 Å². The van der Waals surface area contributed by atoms with Crippen LogP contribution in [0.15, 0.2) is 24.3 Å². The van der Waals surface area contributed by atoms with Crippen molar-refractivity contribution in [2.45, 2.75) is 20.8 Å². The molecule has 0 unspecified atom stereocenters. The largest absolute Gasteiger partial charge is 0.354 e. The van der Waals surface area contributed by atoms with Crippen LogP contribution in [0.2, 0.25) is 5.02 Å². The van der Waals surface area contributed by atoms with Gasteiger partial charge in [-0.2, -0.15) is 5.26 Å². The minimum Gasteiger partial charge on any atom is -0.354 e. The predicted molar refractivity (Wildman–Crippen MR) is 77.9 cm³/mol. The van der Waals surface area contributed by atoms with Crippen molar-refractivity contribution in [1.82, 2.24) is 4.98 Å². The van der Waals surface area contributed by atoms with E-state index < -0.39 is 0 Å². The molecule has 0 aliphatic heterocycles. The Kier molecular flexibility index (Phi) is 3.73. The van der Waals surface area contributed by atoms with Gasteiger partial charge in [0.05, 0.1) is 16.9 Å². The van der Waals surface area contributed by atoms with Gasteiger partial charge in [-0.05, 0) is 44.5 Å². The minimum atomic E-state index is 0.560. The second-order valence-corrected chi connectivity index (χ2v) is 4.90. The van der Waals surface area contributed by atoms with Crippen molar-refractivity contribution in [2.75, 3.05) is 5.32 Å². The number of rotatable bonds is 2. The highest BCUT2D eigenvalue weighted by Crippen LogP contribution is 2.27. The number of aromatic nitrogens is 1. The molecule has 0 bridgehead atoms. The molecule has 0 aliphatic rings. The second-order valence-electron chi connectivity index (χ2n) is 4.47. The van der Waals surface area contributed by atoms with Gasteiger partial charge in [0.15, 0.2) is 0 Å². The van der Waals surface area contributed by atoms with Gasteiger partial charge >= 0.3 is 0 Å². The average Bonchev–Trinajstić information content (AvgIpc) is 2.33. The van der Waals surface area contributed by atoms with E-state index in [1.807, 2.05) is 45.0 Å². The molecule has 96 valence electrons. The summed E-state index contributed by atoms with van der Waals surface area (Å²) in [6, 6.07) is 9.69. The Bertz CT molecular complexity index is 672. The molecule has 1 aromatic heterocycles. The summed E-state index contributed by atoms with van der Waals surface area (Å²) < 4.78 is 0. The number of benzene rings is 1. The fourth-order valence-electron chi connectivity index (χ4n) is 1.94. The summed E-state index contributed by atoms with van der Waals surface area (Å²) in [5, 5.41) is 13.2. The third-order valence-corrected chi connectivity index (χ3v) is 3.14. The van der Waals surface area contributed by atoms with Crippen molar-refractivity contribution >= 4 is 23.0 Å². The summed E-state index contributed by atoms with van der Waals surface area (Å²) in [6.07, 6.45) is 0. The molecule has 2 rings (SSSR count). The molecule has 1 heterocycles. The maximum atomic E-state index is 9.24. The summed E-state index contributed by atoms with van der Waals surface area (Å²) in [4.78, 5) is 4.30. The molecule has 1 N–H and O–H groups in total. The van der Waals surface area contributed by atoms with Crippen LogP contribution in [0.25, 0.3) is 0 Å². The van der Waals surface area contributed by atoms with E-state index >= 15 is 0 Å². The molecule has 19 heavy (non-hydrogen) atoms. The van der Waals surface area contributed by atoms with Gasteiger partial charge in [-0.3, -0.25) is 4.98 Å². The van der Waals surface area contributed by atoms with Gasteiger partial charge in [-0.25, -0.2) is 0 Å². The second kappa shape index (κ2) is 5.29. The van der Waals surface area contributed by atoms with Gasteiger partial charge in [0.25, 0.3) is 0 Å². The number of anilines is 2. The van der Waals surface area contributed by atoms with E-state index in [4.69, 9.17) is 11.6 Å². The minimum absolute atomic E-state index is 0.560. The number of nitrogens with zero attached hydrogens (tertiary/aromatic N) is 2. The third kappa shape index (κ3) is 2.86. The van der Waals surface area contributed by atoms with Crippen LogP contribution in [0.1, 0.15) is 22.5 Å². The first-order valence-electron chi connectivity index (χ1n) is 5.93. The van der Waals surface area contributed by atoms with E-state index in [0.717, 1.165) is 28.3 Å². The van der Waals surface area contributed by atoms with E-state index in [1.165, 1.54) is 0 Å². The highest BCUT2D eigenvalue weighted by atomic mass is 35.5. The van der Waals surface area contributed by atoms with E-state index in [2.05, 4.69) is 16.4 Å². The van der Waals surface area contributed by atoms with Gasteiger partial charge in [-0.15, -0.1) is 0 Å². The van der Waals surface area contributed by atoms with Crippen molar-refractivity contribution in [3.8, 4) is 6.07 Å². The van der Waals surface area contributed by atoms with Gasteiger partial charge in [0.2, 0.25) is 0 Å². The van der Waals surface area contributed by atoms with Gasteiger partial charge in [0.1, 0.15) is 6.07 Å². The Hall–Kier alpha value is -2.05. The molecule has 1 aromatic carbocycles. The SMILES string of the molecule is Cc1cc(Nc2cc(Cl)ccc2C)c(C#N)c(C)n1. The van der Waals surface area contributed by atoms with Crippen LogP contribution in [-0.2, 0) is 0 Å². The molecule has 0 amide bonds. The molecule has 0 aliphatic carbocycles. The normalized spacial score (nSPS) is 10.1. The maximum Gasteiger partial charge on any atom is 0.103 e. The lowest BCUT2D eigenvalue weighted by molar-refractivity contribution is 1.11. The number of nitrogens with one attached hydrogen (secondary N) is 1. The van der Waals surface area contributed by atoms with Crippen LogP contribution >= 0.6 is 11.6 Å². The summed E-state index contributed by atoms with van der Waals surface area (Å²) in [7, 11) is 0. The first kappa shape index (κ1) is 13.4. The highest BCUT2D eigenvalue weighted by molar-refractivity contribution is 6.30. The topological polar surface area (TPSA) is 48.7 Å². The zero-order valence-corrected chi connectivity index (χ0v) is 11.8. The predicted octanol–water partition coefficient (Wildman–Crippen LogP) is 4.28. The lowest BCUT2D eigenvalue weighted by Crippen LogP contribution is -2.00. The first-order chi connectivity index (χ1) is 9.01. The number of pyridine rings is 1. The lowest BCUT2D eigenvalue weighted by atomic mass is 10.1. The van der Waals surface area contributed by atoms with Crippen LogP contribution in [0.4, 0.5) is 11.4 Å². The number of halogens is 1. The fourth-order valence-corrected chi connectivity index (χ4v) is 2.11. The van der Waals surface area contributed by atoms with Crippen LogP contribution in [-0.4, -0.2) is 4.98 Å². The quantitative estimate of drug-likeness (QED) is 0.887. The van der Waals surface area contributed by atoms with E-state index in [0.29, 0.717) is 10.6 Å². The van der Waals surface area contributed by atoms with Gasteiger partial charge in [-0.1, -0.05) is 17.7 Å². The highest BCUT2D eigenvalue weighted by Gasteiger charge is 2.09. The molecule has 0 saturated heterocycles. The van der Waals surface area contributed by atoms with E-state index in [1.54, 1.807) is 0 Å². The Balaban J connectivity index is 2.49. The van der Waals surface area contributed by atoms with Crippen LogP contribution in [0.3, 0.4) is 0 Å². The molecule has 0 spiro atoms. The molecule has 3 nitrogen and oxygen atoms in total. The third-order valence-electron chi connectivity index (χ3n) is 2.91. The average molecular weight is 272 g/mol. The standard InChI is InChI=1S/C15H14ClN3/c1-9-4-5-12(16)7-14(9)19-15-6-10(2)18-11(3)13(15)8-17/h4-7H,1-3H3,(H,18,19). The van der Waals surface area contributed by atoms with Crippen molar-refractivity contribution < 1.29 is 0 Å². The number of aryl methyl sites for hydroxylation is 3. The lowest BCUT2D eigenvalue weighted by Gasteiger charge is -2.13. The smallest absolute Gasteiger partial charge is 0.103 e. The van der Waals surface area contributed by atoms with Crippen molar-refractivity contribution in [3.63, 3.8) is 0 Å². The monoisotopic (exact) mass is 271 g/mol. The summed E-state index contributed by atoms with van der Waals surface area (Å²) in [6.45, 7) is 5.73. The van der Waals surface area contributed by atoms with E-state index in [9.17, 15) is 5.26 Å². The molecule has 0 fully saturated rings. The van der Waals surface area contributed by atoms with Crippen LogP contribution in [0.5, 0.6) is 0 Å². The fraction of sp³-hybridized carbons (Fsp3) is 0.200.